The monoisotopic (exact) mass is 578 g/mol. The van der Waals surface area contributed by atoms with Crippen LogP contribution in [-0.2, 0) is 9.59 Å². The lowest BCUT2D eigenvalue weighted by Gasteiger charge is -2.12. The molecule has 4 aromatic rings. The molecule has 0 fully saturated rings. The van der Waals surface area contributed by atoms with Gasteiger partial charge in [0.2, 0.25) is 0 Å². The number of thiazole rings is 1. The molecule has 1 aromatic heterocycles. The number of aldehydes is 2. The first-order valence-electron chi connectivity index (χ1n) is 12.3. The van der Waals surface area contributed by atoms with E-state index in [0.29, 0.717) is 23.4 Å². The first kappa shape index (κ1) is 30.1. The van der Waals surface area contributed by atoms with Crippen LogP contribution in [0.4, 0.5) is 5.13 Å². The molecular formula is C31H35BrN2O2S. The number of nitrogens with two attached hydrogens (primary N) is 1. The highest BCUT2D eigenvalue weighted by atomic mass is 79.9. The maximum Gasteiger partial charge on any atom is 0.180 e. The molecule has 0 aliphatic heterocycles. The maximum atomic E-state index is 10.5. The van der Waals surface area contributed by atoms with Gasteiger partial charge in [0.05, 0.1) is 4.83 Å². The number of hydrogen-bond donors (Lipinski definition) is 1. The Kier molecular flexibility index (Phi) is 13.5. The van der Waals surface area contributed by atoms with Gasteiger partial charge < -0.3 is 15.3 Å². The number of carbonyl (C=O) groups is 2. The number of nitrogens with zero attached hydrogens (tertiary/aromatic N) is 1. The van der Waals surface area contributed by atoms with Gasteiger partial charge in [0, 0.05) is 29.3 Å². The Morgan fingerprint density at radius 1 is 0.811 bits per heavy atom. The Balaban J connectivity index is 0.000000197. The normalized spacial score (nSPS) is 13.4. The summed E-state index contributed by atoms with van der Waals surface area (Å²) in [5.41, 5.74) is 9.33. The van der Waals surface area contributed by atoms with Gasteiger partial charge in [0.15, 0.2) is 5.13 Å². The van der Waals surface area contributed by atoms with E-state index >= 15 is 0 Å². The lowest BCUT2D eigenvalue weighted by Crippen LogP contribution is -2.09. The van der Waals surface area contributed by atoms with Crippen LogP contribution in [-0.4, -0.2) is 22.4 Å². The van der Waals surface area contributed by atoms with E-state index in [0.717, 1.165) is 12.6 Å². The summed E-state index contributed by atoms with van der Waals surface area (Å²) in [6.07, 6.45) is 4.37. The van der Waals surface area contributed by atoms with Crippen molar-refractivity contribution in [3.8, 4) is 0 Å². The van der Waals surface area contributed by atoms with E-state index in [1.54, 1.807) is 11.3 Å². The van der Waals surface area contributed by atoms with Crippen LogP contribution >= 0.6 is 27.3 Å². The number of aromatic nitrogens is 1. The van der Waals surface area contributed by atoms with Crippen molar-refractivity contribution in [3.63, 3.8) is 0 Å². The fourth-order valence-corrected chi connectivity index (χ4v) is 4.60. The lowest BCUT2D eigenvalue weighted by molar-refractivity contribution is -0.108. The van der Waals surface area contributed by atoms with E-state index < -0.39 is 0 Å². The van der Waals surface area contributed by atoms with Crippen molar-refractivity contribution in [2.75, 3.05) is 5.73 Å². The minimum absolute atomic E-state index is 0.0834. The van der Waals surface area contributed by atoms with Crippen molar-refractivity contribution >= 4 is 45.0 Å². The van der Waals surface area contributed by atoms with Crippen molar-refractivity contribution in [1.29, 1.82) is 0 Å². The highest BCUT2D eigenvalue weighted by molar-refractivity contribution is 9.10. The summed E-state index contributed by atoms with van der Waals surface area (Å²) < 4.78 is 0. The molecule has 0 amide bonds. The van der Waals surface area contributed by atoms with E-state index in [1.807, 2.05) is 79.9 Å². The molecular weight excluding hydrogens is 544 g/mol. The maximum absolute atomic E-state index is 10.5. The summed E-state index contributed by atoms with van der Waals surface area (Å²) >= 11 is 4.87. The Morgan fingerprint density at radius 3 is 1.73 bits per heavy atom. The molecule has 0 bridgehead atoms. The number of halogens is 1. The lowest BCUT2D eigenvalue weighted by atomic mass is 9.99. The molecule has 0 saturated carbocycles. The predicted molar refractivity (Wildman–Crippen MR) is 160 cm³/mol. The molecule has 0 aliphatic rings. The summed E-state index contributed by atoms with van der Waals surface area (Å²) in [4.78, 5) is 25.9. The third-order valence-corrected chi connectivity index (χ3v) is 8.04. The molecule has 37 heavy (non-hydrogen) atoms. The third kappa shape index (κ3) is 10.4. The minimum atomic E-state index is -0.0834. The van der Waals surface area contributed by atoms with E-state index in [9.17, 15) is 9.59 Å². The van der Waals surface area contributed by atoms with Gasteiger partial charge in [-0.15, -0.1) is 11.3 Å². The first-order valence-corrected chi connectivity index (χ1v) is 14.0. The Bertz CT molecular complexity index is 1170. The molecule has 1 heterocycles. The number of rotatable bonds is 8. The van der Waals surface area contributed by atoms with Crippen LogP contribution in [0.2, 0.25) is 0 Å². The standard InChI is InChI=1S/C11H12N2S.C10H11BrO.C10H12O/c1-8(9-5-3-2-4-6-9)10-7-13-11(12)14-10;1-8(10(11)7-12)9-5-3-2-4-6-9;1-9(7-8-11)10-5-3-2-4-6-10/h2-8H,1H3,(H2,12,13);2-8,10H,1H3;2-6,8-9H,7H2,1H3. The van der Waals surface area contributed by atoms with E-state index in [-0.39, 0.29) is 10.7 Å². The Labute approximate surface area is 233 Å². The smallest absolute Gasteiger partial charge is 0.180 e. The summed E-state index contributed by atoms with van der Waals surface area (Å²) in [5, 5.41) is 0.641. The van der Waals surface area contributed by atoms with Crippen molar-refractivity contribution in [2.24, 2.45) is 0 Å². The van der Waals surface area contributed by atoms with Crippen molar-refractivity contribution in [2.45, 2.75) is 49.8 Å². The minimum Gasteiger partial charge on any atom is -0.375 e. The van der Waals surface area contributed by atoms with Crippen molar-refractivity contribution < 1.29 is 9.59 Å². The van der Waals surface area contributed by atoms with Crippen molar-refractivity contribution in [1.82, 2.24) is 4.98 Å². The quantitative estimate of drug-likeness (QED) is 0.170. The Morgan fingerprint density at radius 2 is 1.30 bits per heavy atom. The number of hydrogen-bond acceptors (Lipinski definition) is 5. The SMILES string of the molecule is CC(CC=O)c1ccccc1.CC(c1ccccc1)C(Br)C=O.CC(c1ccccc1)c1cnc(N)s1. The zero-order chi connectivity index (χ0) is 27.0. The van der Waals surface area contributed by atoms with Gasteiger partial charge in [-0.25, -0.2) is 4.98 Å². The summed E-state index contributed by atoms with van der Waals surface area (Å²) in [6, 6.07) is 30.5. The topological polar surface area (TPSA) is 73.0 Å². The summed E-state index contributed by atoms with van der Waals surface area (Å²) in [5.74, 6) is 0.975. The fraction of sp³-hybridized carbons (Fsp3) is 0.258. The van der Waals surface area contributed by atoms with E-state index in [1.165, 1.54) is 21.6 Å². The molecule has 3 aromatic carbocycles. The number of carbonyl (C=O) groups excluding carboxylic acids is 2. The number of nitrogen functional groups attached to an aromatic ring is 1. The van der Waals surface area contributed by atoms with Gasteiger partial charge in [0.25, 0.3) is 0 Å². The fourth-order valence-electron chi connectivity index (χ4n) is 3.53. The van der Waals surface area contributed by atoms with E-state index in [4.69, 9.17) is 5.73 Å². The zero-order valence-corrected chi connectivity index (χ0v) is 23.9. The number of alkyl halides is 1. The summed E-state index contributed by atoms with van der Waals surface area (Å²) in [7, 11) is 0. The van der Waals surface area contributed by atoms with Gasteiger partial charge in [0.1, 0.15) is 12.6 Å². The van der Waals surface area contributed by atoms with Crippen LogP contribution < -0.4 is 5.73 Å². The number of anilines is 1. The second-order valence-corrected chi connectivity index (χ2v) is 10.9. The Hall–Kier alpha value is -3.09. The highest BCUT2D eigenvalue weighted by Crippen LogP contribution is 2.29. The predicted octanol–water partition coefficient (Wildman–Crippen LogP) is 8.01. The van der Waals surface area contributed by atoms with Crippen LogP contribution in [0.5, 0.6) is 0 Å². The van der Waals surface area contributed by atoms with Crippen LogP contribution in [0, 0.1) is 0 Å². The van der Waals surface area contributed by atoms with Crippen LogP contribution in [0.3, 0.4) is 0 Å². The molecule has 4 rings (SSSR count). The van der Waals surface area contributed by atoms with Crippen molar-refractivity contribution in [3.05, 3.63) is 119 Å². The second kappa shape index (κ2) is 16.6. The van der Waals surface area contributed by atoms with Gasteiger partial charge in [-0.3, -0.25) is 0 Å². The summed E-state index contributed by atoms with van der Waals surface area (Å²) in [6.45, 7) is 6.26. The molecule has 194 valence electrons. The van der Waals surface area contributed by atoms with Crippen LogP contribution in [0.15, 0.2) is 97.2 Å². The largest absolute Gasteiger partial charge is 0.375 e. The molecule has 0 saturated heterocycles. The molecule has 4 atom stereocenters. The van der Waals surface area contributed by atoms with Crippen LogP contribution in [0.25, 0.3) is 0 Å². The van der Waals surface area contributed by atoms with Crippen LogP contribution in [0.1, 0.15) is 66.5 Å². The highest BCUT2D eigenvalue weighted by Gasteiger charge is 2.14. The average Bonchev–Trinajstić information content (AvgIpc) is 3.40. The first-order chi connectivity index (χ1) is 17.9. The van der Waals surface area contributed by atoms with E-state index in [2.05, 4.69) is 59.0 Å². The molecule has 0 radical (unpaired) electrons. The molecule has 4 nitrogen and oxygen atoms in total. The third-order valence-electron chi connectivity index (χ3n) is 6.02. The number of benzene rings is 3. The molecule has 0 spiro atoms. The molecule has 2 N–H and O–H groups in total. The van der Waals surface area contributed by atoms with Gasteiger partial charge in [-0.05, 0) is 22.6 Å². The van der Waals surface area contributed by atoms with Gasteiger partial charge in [-0.2, -0.15) is 0 Å². The molecule has 0 aliphatic carbocycles. The van der Waals surface area contributed by atoms with Gasteiger partial charge >= 0.3 is 0 Å². The molecule has 6 heteroatoms. The zero-order valence-electron chi connectivity index (χ0n) is 21.5. The second-order valence-electron chi connectivity index (χ2n) is 8.73. The average molecular weight is 580 g/mol. The molecule has 4 unspecified atom stereocenters. The van der Waals surface area contributed by atoms with Gasteiger partial charge in [-0.1, -0.05) is 128 Å².